The molecular weight excluding hydrogens is 548 g/mol. The largest absolute Gasteiger partial charge is 0.493 e. The molecule has 9 heteroatoms. The lowest BCUT2D eigenvalue weighted by atomic mass is 10.1. The summed E-state index contributed by atoms with van der Waals surface area (Å²) in [6, 6.07) is 28.7. The first-order valence-electron chi connectivity index (χ1n) is 12.2. The Bertz CT molecular complexity index is 1590. The van der Waals surface area contributed by atoms with Gasteiger partial charge in [-0.25, -0.2) is 0 Å². The van der Waals surface area contributed by atoms with E-state index in [9.17, 15) is 9.59 Å². The van der Waals surface area contributed by atoms with E-state index in [0.717, 1.165) is 5.56 Å². The van der Waals surface area contributed by atoms with Gasteiger partial charge in [-0.05, 0) is 90.1 Å². The van der Waals surface area contributed by atoms with Crippen molar-refractivity contribution in [1.82, 2.24) is 5.32 Å². The van der Waals surface area contributed by atoms with Crippen molar-refractivity contribution >= 4 is 52.5 Å². The van der Waals surface area contributed by atoms with Gasteiger partial charge in [0.25, 0.3) is 11.8 Å². The summed E-state index contributed by atoms with van der Waals surface area (Å²) in [5.41, 5.74) is 1.94. The van der Waals surface area contributed by atoms with E-state index in [2.05, 4.69) is 5.32 Å². The van der Waals surface area contributed by atoms with Gasteiger partial charge in [-0.15, -0.1) is 0 Å². The van der Waals surface area contributed by atoms with Gasteiger partial charge in [0.05, 0.1) is 12.8 Å². The van der Waals surface area contributed by atoms with Crippen LogP contribution in [0.1, 0.15) is 11.1 Å². The number of carbonyl (C=O) groups is 2. The molecule has 200 valence electrons. The maximum atomic E-state index is 13.4. The van der Waals surface area contributed by atoms with Crippen LogP contribution in [-0.2, 0) is 16.2 Å². The molecule has 1 aliphatic heterocycles. The molecule has 4 aromatic carbocycles. The highest BCUT2D eigenvalue weighted by Gasteiger charge is 2.34. The van der Waals surface area contributed by atoms with Crippen molar-refractivity contribution in [2.75, 3.05) is 12.0 Å². The average Bonchev–Trinajstić information content (AvgIpc) is 2.96. The molecule has 0 spiro atoms. The molecule has 1 saturated heterocycles. The second-order valence-corrected chi connectivity index (χ2v) is 9.52. The number of nitrogens with one attached hydrogen (secondary N) is 1. The van der Waals surface area contributed by atoms with E-state index in [1.54, 1.807) is 54.6 Å². The van der Waals surface area contributed by atoms with Gasteiger partial charge in [-0.2, -0.15) is 0 Å². The fraction of sp³-hybridized carbons (Fsp3) is 0.0645. The van der Waals surface area contributed by atoms with E-state index < -0.39 is 11.8 Å². The van der Waals surface area contributed by atoms with E-state index in [1.807, 2.05) is 42.5 Å². The second kappa shape index (κ2) is 12.0. The Kier molecular flexibility index (Phi) is 8.10. The summed E-state index contributed by atoms with van der Waals surface area (Å²) in [7, 11) is 1.52. The van der Waals surface area contributed by atoms with Crippen LogP contribution in [0.25, 0.3) is 6.08 Å². The first-order chi connectivity index (χ1) is 19.4. The molecule has 0 aliphatic carbocycles. The molecule has 0 atom stereocenters. The fourth-order valence-corrected chi connectivity index (χ4v) is 4.39. The highest BCUT2D eigenvalue weighted by molar-refractivity contribution is 7.80. The summed E-state index contributed by atoms with van der Waals surface area (Å²) in [6.45, 7) is 0.316. The number of methoxy groups -OCH3 is 1. The number of thiocarbonyl (C=S) groups is 1. The minimum Gasteiger partial charge on any atom is -0.493 e. The Morgan fingerprint density at radius 3 is 2.27 bits per heavy atom. The van der Waals surface area contributed by atoms with Gasteiger partial charge in [-0.3, -0.25) is 19.8 Å². The quantitative estimate of drug-likeness (QED) is 0.147. The molecule has 1 aliphatic rings. The van der Waals surface area contributed by atoms with Gasteiger partial charge in [0, 0.05) is 5.02 Å². The summed E-state index contributed by atoms with van der Waals surface area (Å²) in [4.78, 5) is 27.5. The Morgan fingerprint density at radius 2 is 1.57 bits per heavy atom. The van der Waals surface area contributed by atoms with Crippen LogP contribution in [0.5, 0.6) is 23.0 Å². The molecule has 1 heterocycles. The van der Waals surface area contributed by atoms with Crippen LogP contribution < -0.4 is 24.4 Å². The number of rotatable bonds is 8. The van der Waals surface area contributed by atoms with Crippen molar-refractivity contribution in [2.45, 2.75) is 6.61 Å². The predicted octanol–water partition coefficient (Wildman–Crippen LogP) is 6.55. The first kappa shape index (κ1) is 26.9. The summed E-state index contributed by atoms with van der Waals surface area (Å²) in [6.07, 6.45) is 1.49. The van der Waals surface area contributed by atoms with Crippen LogP contribution in [0.3, 0.4) is 0 Å². The van der Waals surface area contributed by atoms with Gasteiger partial charge in [0.1, 0.15) is 23.7 Å². The van der Waals surface area contributed by atoms with Gasteiger partial charge in [0.2, 0.25) is 0 Å². The number of amides is 2. The Morgan fingerprint density at radius 1 is 0.875 bits per heavy atom. The zero-order valence-corrected chi connectivity index (χ0v) is 22.9. The summed E-state index contributed by atoms with van der Waals surface area (Å²) in [5.74, 6) is 1.11. The summed E-state index contributed by atoms with van der Waals surface area (Å²) in [5, 5.41) is 3.24. The van der Waals surface area contributed by atoms with Gasteiger partial charge in [0.15, 0.2) is 16.6 Å². The Balaban J connectivity index is 1.34. The van der Waals surface area contributed by atoms with Crippen LogP contribution in [0, 0.1) is 0 Å². The number of para-hydroxylation sites is 1. The molecule has 0 radical (unpaired) electrons. The molecular formula is C31H23ClN2O5S. The SMILES string of the molecule is COc1cc(/C=C2\C(=O)NC(=S)N(c3ccc(Oc4ccccc4)cc3)C2=O)ccc1OCc1ccc(Cl)cc1. The van der Waals surface area contributed by atoms with Crippen molar-refractivity contribution in [2.24, 2.45) is 0 Å². The fourth-order valence-electron chi connectivity index (χ4n) is 3.98. The minimum atomic E-state index is -0.586. The molecule has 0 unspecified atom stereocenters. The van der Waals surface area contributed by atoms with Crippen molar-refractivity contribution in [3.05, 3.63) is 119 Å². The molecule has 1 fully saturated rings. The average molecular weight is 571 g/mol. The monoisotopic (exact) mass is 570 g/mol. The third-order valence-electron chi connectivity index (χ3n) is 5.98. The van der Waals surface area contributed by atoms with Gasteiger partial charge in [-0.1, -0.05) is 48.0 Å². The van der Waals surface area contributed by atoms with E-state index >= 15 is 0 Å². The molecule has 1 N–H and O–H groups in total. The molecule has 2 amide bonds. The lowest BCUT2D eigenvalue weighted by Crippen LogP contribution is -2.54. The molecule has 7 nitrogen and oxygen atoms in total. The molecule has 0 bridgehead atoms. The van der Waals surface area contributed by atoms with Crippen LogP contribution in [0.2, 0.25) is 5.02 Å². The van der Waals surface area contributed by atoms with Crippen molar-refractivity contribution < 1.29 is 23.8 Å². The highest BCUT2D eigenvalue weighted by atomic mass is 35.5. The second-order valence-electron chi connectivity index (χ2n) is 8.69. The third-order valence-corrected chi connectivity index (χ3v) is 6.52. The van der Waals surface area contributed by atoms with E-state index in [-0.39, 0.29) is 10.7 Å². The minimum absolute atomic E-state index is 0.00703. The van der Waals surface area contributed by atoms with Gasteiger partial charge >= 0.3 is 0 Å². The predicted molar refractivity (Wildman–Crippen MR) is 158 cm³/mol. The van der Waals surface area contributed by atoms with Crippen molar-refractivity contribution in [3.63, 3.8) is 0 Å². The molecule has 5 rings (SSSR count). The smallest absolute Gasteiger partial charge is 0.270 e. The van der Waals surface area contributed by atoms with E-state index in [1.165, 1.54) is 18.1 Å². The number of nitrogens with zero attached hydrogens (tertiary/aromatic N) is 1. The molecule has 0 aromatic heterocycles. The topological polar surface area (TPSA) is 77.1 Å². The van der Waals surface area contributed by atoms with Crippen molar-refractivity contribution in [1.29, 1.82) is 0 Å². The number of hydrogen-bond donors (Lipinski definition) is 1. The molecule has 4 aromatic rings. The molecule has 40 heavy (non-hydrogen) atoms. The normalized spacial score (nSPS) is 14.2. The third kappa shape index (κ3) is 6.14. The highest BCUT2D eigenvalue weighted by Crippen LogP contribution is 2.31. The Hall–Kier alpha value is -4.66. The number of halogens is 1. The van der Waals surface area contributed by atoms with Crippen LogP contribution >= 0.6 is 23.8 Å². The van der Waals surface area contributed by atoms with E-state index in [0.29, 0.717) is 45.9 Å². The lowest BCUT2D eigenvalue weighted by molar-refractivity contribution is -0.122. The zero-order chi connectivity index (χ0) is 28.1. The summed E-state index contributed by atoms with van der Waals surface area (Å²) >= 11 is 11.3. The molecule has 0 saturated carbocycles. The van der Waals surface area contributed by atoms with Gasteiger partial charge < -0.3 is 14.2 Å². The number of ether oxygens (including phenoxy) is 3. The standard InChI is InChI=1S/C31H23ClN2O5S/c1-37-28-18-21(9-16-27(28)38-19-20-7-10-22(32)11-8-20)17-26-29(35)33-31(40)34(30(26)36)23-12-14-25(15-13-23)39-24-5-3-2-4-6-24/h2-18H,19H2,1H3,(H,33,35,40)/b26-17+. The van der Waals surface area contributed by atoms with Crippen LogP contribution in [0.4, 0.5) is 5.69 Å². The first-order valence-corrected chi connectivity index (χ1v) is 13.0. The maximum Gasteiger partial charge on any atom is 0.270 e. The zero-order valence-electron chi connectivity index (χ0n) is 21.3. The number of benzene rings is 4. The number of hydrogen-bond acceptors (Lipinski definition) is 6. The Labute approximate surface area is 241 Å². The number of anilines is 1. The lowest BCUT2D eigenvalue weighted by Gasteiger charge is -2.29. The number of carbonyl (C=O) groups excluding carboxylic acids is 2. The van der Waals surface area contributed by atoms with E-state index in [4.69, 9.17) is 38.0 Å². The van der Waals surface area contributed by atoms with Crippen LogP contribution in [-0.4, -0.2) is 24.0 Å². The maximum absolute atomic E-state index is 13.4. The van der Waals surface area contributed by atoms with Crippen molar-refractivity contribution in [3.8, 4) is 23.0 Å². The van der Waals surface area contributed by atoms with Crippen LogP contribution in [0.15, 0.2) is 103 Å². The summed E-state index contributed by atoms with van der Waals surface area (Å²) < 4.78 is 17.2.